The van der Waals surface area contributed by atoms with Crippen LogP contribution in [0.2, 0.25) is 5.02 Å². The molecular weight excluding hydrogens is 229 g/mol. The molecule has 0 aromatic heterocycles. The number of carbonyl (C=O) groups is 1. The number of benzene rings is 1. The molecule has 0 fully saturated rings. The molecule has 0 heterocycles. The van der Waals surface area contributed by atoms with Crippen LogP contribution in [0.5, 0.6) is 0 Å². The third kappa shape index (κ3) is 3.49. The lowest BCUT2D eigenvalue weighted by molar-refractivity contribution is 0.0949. The highest BCUT2D eigenvalue weighted by atomic mass is 35.5. The number of halogens is 2. The van der Waals surface area contributed by atoms with Crippen molar-refractivity contribution in [2.24, 2.45) is 0 Å². The van der Waals surface area contributed by atoms with E-state index in [1.165, 1.54) is 12.1 Å². The van der Waals surface area contributed by atoms with Gasteiger partial charge in [-0.15, -0.1) is 0 Å². The summed E-state index contributed by atoms with van der Waals surface area (Å²) in [5.41, 5.74) is 0.00370. The number of hydrogen-bond acceptors (Lipinski definition) is 1. The number of carbonyl (C=O) groups excluding carboxylic acids is 1. The zero-order chi connectivity index (χ0) is 12.0. The molecule has 0 aliphatic carbocycles. The average Bonchev–Trinajstić information content (AvgIpc) is 2.28. The molecule has 0 radical (unpaired) electrons. The van der Waals surface area contributed by atoms with Gasteiger partial charge in [0.15, 0.2) is 5.82 Å². The van der Waals surface area contributed by atoms with Crippen LogP contribution < -0.4 is 5.32 Å². The minimum Gasteiger partial charge on any atom is -0.352 e. The van der Waals surface area contributed by atoms with Gasteiger partial charge in [0, 0.05) is 6.54 Å². The largest absolute Gasteiger partial charge is 0.352 e. The third-order valence-corrected chi connectivity index (χ3v) is 2.55. The van der Waals surface area contributed by atoms with E-state index in [1.807, 2.05) is 0 Å². The van der Waals surface area contributed by atoms with Gasteiger partial charge in [-0.1, -0.05) is 37.4 Å². The van der Waals surface area contributed by atoms with Gasteiger partial charge in [-0.25, -0.2) is 4.39 Å². The van der Waals surface area contributed by atoms with Gasteiger partial charge in [0.1, 0.15) is 0 Å². The molecule has 1 N–H and O–H groups in total. The Morgan fingerprint density at radius 2 is 2.19 bits per heavy atom. The highest BCUT2D eigenvalue weighted by molar-refractivity contribution is 6.31. The van der Waals surface area contributed by atoms with Crippen molar-refractivity contribution in [3.8, 4) is 0 Å². The molecule has 0 spiro atoms. The van der Waals surface area contributed by atoms with Crippen LogP contribution in [0.1, 0.15) is 36.5 Å². The Hall–Kier alpha value is -1.09. The van der Waals surface area contributed by atoms with Crippen molar-refractivity contribution in [2.45, 2.75) is 26.2 Å². The van der Waals surface area contributed by atoms with Crippen LogP contribution in [0.25, 0.3) is 0 Å². The molecule has 16 heavy (non-hydrogen) atoms. The standard InChI is InChI=1S/C12H15ClFNO/c1-2-3-4-8-15-12(16)9-6-5-7-10(13)11(9)14/h5-7H,2-4,8H2,1H3,(H,15,16). The highest BCUT2D eigenvalue weighted by Crippen LogP contribution is 2.17. The van der Waals surface area contributed by atoms with Crippen LogP contribution in [0.3, 0.4) is 0 Å². The topological polar surface area (TPSA) is 29.1 Å². The van der Waals surface area contributed by atoms with Crippen molar-refractivity contribution in [3.63, 3.8) is 0 Å². The summed E-state index contributed by atoms with van der Waals surface area (Å²) in [6.07, 6.45) is 3.05. The van der Waals surface area contributed by atoms with E-state index in [1.54, 1.807) is 6.07 Å². The van der Waals surface area contributed by atoms with E-state index in [-0.39, 0.29) is 10.6 Å². The minimum atomic E-state index is -0.655. The summed E-state index contributed by atoms with van der Waals surface area (Å²) in [4.78, 5) is 11.6. The molecule has 1 amide bonds. The van der Waals surface area contributed by atoms with E-state index >= 15 is 0 Å². The zero-order valence-corrected chi connectivity index (χ0v) is 9.98. The van der Waals surface area contributed by atoms with Gasteiger partial charge in [0.2, 0.25) is 0 Å². The van der Waals surface area contributed by atoms with Crippen molar-refractivity contribution in [3.05, 3.63) is 34.6 Å². The number of unbranched alkanes of at least 4 members (excludes halogenated alkanes) is 2. The molecule has 88 valence electrons. The normalized spacial score (nSPS) is 10.2. The highest BCUT2D eigenvalue weighted by Gasteiger charge is 2.12. The molecule has 0 saturated heterocycles. The van der Waals surface area contributed by atoms with E-state index in [2.05, 4.69) is 12.2 Å². The van der Waals surface area contributed by atoms with Crippen molar-refractivity contribution in [1.29, 1.82) is 0 Å². The Morgan fingerprint density at radius 3 is 2.88 bits per heavy atom. The predicted octanol–water partition coefficient (Wildman–Crippen LogP) is 3.40. The summed E-state index contributed by atoms with van der Waals surface area (Å²) in [5, 5.41) is 2.64. The number of nitrogens with one attached hydrogen (secondary N) is 1. The first-order chi connectivity index (χ1) is 7.66. The Bertz CT molecular complexity index is 368. The molecule has 0 atom stereocenters. The summed E-state index contributed by atoms with van der Waals surface area (Å²) >= 11 is 5.59. The summed E-state index contributed by atoms with van der Waals surface area (Å²) < 4.78 is 13.4. The fraction of sp³-hybridized carbons (Fsp3) is 0.417. The molecule has 1 rings (SSSR count). The first-order valence-electron chi connectivity index (χ1n) is 5.39. The Balaban J connectivity index is 2.56. The van der Waals surface area contributed by atoms with Crippen LogP contribution in [0.15, 0.2) is 18.2 Å². The molecule has 0 aliphatic heterocycles. The SMILES string of the molecule is CCCCCNC(=O)c1cccc(Cl)c1F. The van der Waals surface area contributed by atoms with E-state index in [0.717, 1.165) is 19.3 Å². The Kier molecular flexibility index (Phi) is 5.26. The number of rotatable bonds is 5. The van der Waals surface area contributed by atoms with Gasteiger partial charge in [0.25, 0.3) is 5.91 Å². The van der Waals surface area contributed by atoms with Gasteiger partial charge < -0.3 is 5.32 Å². The zero-order valence-electron chi connectivity index (χ0n) is 9.22. The second kappa shape index (κ2) is 6.48. The van der Waals surface area contributed by atoms with Crippen LogP contribution in [-0.4, -0.2) is 12.5 Å². The first kappa shape index (κ1) is 13.0. The fourth-order valence-corrected chi connectivity index (χ4v) is 1.53. The lowest BCUT2D eigenvalue weighted by atomic mass is 10.2. The van der Waals surface area contributed by atoms with Gasteiger partial charge in [0.05, 0.1) is 10.6 Å². The van der Waals surface area contributed by atoms with Crippen molar-refractivity contribution in [1.82, 2.24) is 5.32 Å². The van der Waals surface area contributed by atoms with Crippen LogP contribution in [-0.2, 0) is 0 Å². The van der Waals surface area contributed by atoms with Gasteiger partial charge in [-0.3, -0.25) is 4.79 Å². The molecule has 2 nitrogen and oxygen atoms in total. The average molecular weight is 244 g/mol. The molecule has 1 aromatic carbocycles. The number of amides is 1. The molecular formula is C12H15ClFNO. The summed E-state index contributed by atoms with van der Waals surface area (Å²) in [7, 11) is 0. The lowest BCUT2D eigenvalue weighted by Crippen LogP contribution is -2.25. The smallest absolute Gasteiger partial charge is 0.254 e. The maximum absolute atomic E-state index is 13.4. The molecule has 0 bridgehead atoms. The van der Waals surface area contributed by atoms with Crippen LogP contribution in [0, 0.1) is 5.82 Å². The van der Waals surface area contributed by atoms with E-state index in [4.69, 9.17) is 11.6 Å². The summed E-state index contributed by atoms with van der Waals surface area (Å²) in [6.45, 7) is 2.65. The van der Waals surface area contributed by atoms with Crippen molar-refractivity contribution < 1.29 is 9.18 Å². The second-order valence-corrected chi connectivity index (χ2v) is 3.97. The minimum absolute atomic E-state index is 0.00370. The van der Waals surface area contributed by atoms with Gasteiger partial charge >= 0.3 is 0 Å². The van der Waals surface area contributed by atoms with Gasteiger partial charge in [-0.05, 0) is 18.6 Å². The molecule has 0 saturated carbocycles. The maximum atomic E-state index is 13.4. The molecule has 0 aliphatic rings. The Morgan fingerprint density at radius 1 is 1.44 bits per heavy atom. The monoisotopic (exact) mass is 243 g/mol. The van der Waals surface area contributed by atoms with Crippen LogP contribution >= 0.6 is 11.6 Å². The molecule has 0 unspecified atom stereocenters. The van der Waals surface area contributed by atoms with E-state index in [0.29, 0.717) is 6.54 Å². The molecule has 4 heteroatoms. The van der Waals surface area contributed by atoms with Crippen LogP contribution in [0.4, 0.5) is 4.39 Å². The summed E-state index contributed by atoms with van der Waals surface area (Å²) in [5.74, 6) is -1.06. The van der Waals surface area contributed by atoms with E-state index < -0.39 is 11.7 Å². The molecule has 1 aromatic rings. The predicted molar refractivity (Wildman–Crippen MR) is 63.3 cm³/mol. The quantitative estimate of drug-likeness (QED) is 0.789. The van der Waals surface area contributed by atoms with E-state index in [9.17, 15) is 9.18 Å². The van der Waals surface area contributed by atoms with Crippen molar-refractivity contribution in [2.75, 3.05) is 6.54 Å². The lowest BCUT2D eigenvalue weighted by Gasteiger charge is -2.06. The van der Waals surface area contributed by atoms with Crippen molar-refractivity contribution >= 4 is 17.5 Å². The fourth-order valence-electron chi connectivity index (χ4n) is 1.35. The maximum Gasteiger partial charge on any atom is 0.254 e. The second-order valence-electron chi connectivity index (χ2n) is 3.56. The third-order valence-electron chi connectivity index (χ3n) is 2.26. The Labute approximate surface area is 99.8 Å². The summed E-state index contributed by atoms with van der Waals surface area (Å²) in [6, 6.07) is 4.41. The van der Waals surface area contributed by atoms with Gasteiger partial charge in [-0.2, -0.15) is 0 Å². The number of hydrogen-bond donors (Lipinski definition) is 1. The first-order valence-corrected chi connectivity index (χ1v) is 5.76.